The van der Waals surface area contributed by atoms with Crippen molar-refractivity contribution in [2.45, 2.75) is 38.8 Å². The molecule has 1 rings (SSSR count). The summed E-state index contributed by atoms with van der Waals surface area (Å²) < 4.78 is 5.11. The molecule has 0 spiro atoms. The molecule has 1 atom stereocenters. The zero-order chi connectivity index (χ0) is 12.5. The van der Waals surface area contributed by atoms with Gasteiger partial charge in [0.25, 0.3) is 0 Å². The van der Waals surface area contributed by atoms with Crippen LogP contribution in [-0.2, 0) is 9.53 Å². The minimum absolute atomic E-state index is 0.310. The van der Waals surface area contributed by atoms with E-state index in [1.807, 2.05) is 0 Å². The fourth-order valence-corrected chi connectivity index (χ4v) is 1.78. The number of nitrogens with zero attached hydrogens (tertiary/aromatic N) is 1. The van der Waals surface area contributed by atoms with Crippen LogP contribution in [-0.4, -0.2) is 45.1 Å². The number of hydrogen-bond donors (Lipinski definition) is 1. The molecule has 0 unspecified atom stereocenters. The lowest BCUT2D eigenvalue weighted by Gasteiger charge is -2.26. The van der Waals surface area contributed by atoms with Gasteiger partial charge in [0.15, 0.2) is 6.04 Å². The van der Waals surface area contributed by atoms with E-state index in [-0.39, 0.29) is 0 Å². The molecule has 0 aromatic carbocycles. The Bertz CT molecular complexity index is 334. The maximum atomic E-state index is 11.7. The van der Waals surface area contributed by atoms with E-state index in [1.165, 1.54) is 0 Å². The van der Waals surface area contributed by atoms with Gasteiger partial charge in [0.1, 0.15) is 5.60 Å². The number of likely N-dealkylation sites (tertiary alicyclic amines) is 1. The highest BCUT2D eigenvalue weighted by Crippen LogP contribution is 2.19. The van der Waals surface area contributed by atoms with Crippen molar-refractivity contribution in [1.82, 2.24) is 4.90 Å². The summed E-state index contributed by atoms with van der Waals surface area (Å²) in [5.74, 6) is -1.10. The molecule has 0 aromatic heterocycles. The number of rotatable bonds is 1. The van der Waals surface area contributed by atoms with Crippen LogP contribution < -0.4 is 0 Å². The summed E-state index contributed by atoms with van der Waals surface area (Å²) in [6.45, 7) is 5.50. The van der Waals surface area contributed by atoms with Crippen LogP contribution in [0, 0.1) is 0 Å². The predicted octanol–water partition coefficient (Wildman–Crippen LogP) is 1.45. The molecular formula is C10H15NO4S. The SMILES string of the molecule is CC(C)(C)OC(=O)N1CCC(=S)[C@H]1C(=O)O. The van der Waals surface area contributed by atoms with Crippen LogP contribution in [0.4, 0.5) is 4.79 Å². The van der Waals surface area contributed by atoms with Crippen molar-refractivity contribution in [3.05, 3.63) is 0 Å². The van der Waals surface area contributed by atoms with Crippen LogP contribution in [0.1, 0.15) is 27.2 Å². The molecule has 1 amide bonds. The maximum Gasteiger partial charge on any atom is 0.411 e. The topological polar surface area (TPSA) is 66.8 Å². The summed E-state index contributed by atoms with van der Waals surface area (Å²) in [5.41, 5.74) is -0.635. The molecule has 1 heterocycles. The van der Waals surface area contributed by atoms with Crippen LogP contribution >= 0.6 is 12.2 Å². The number of carbonyl (C=O) groups excluding carboxylic acids is 1. The third-order valence-corrected chi connectivity index (χ3v) is 2.51. The molecule has 16 heavy (non-hydrogen) atoms. The van der Waals surface area contributed by atoms with Gasteiger partial charge in [-0.15, -0.1) is 0 Å². The molecule has 0 saturated carbocycles. The summed E-state index contributed by atoms with van der Waals surface area (Å²) in [6.07, 6.45) is -0.189. The van der Waals surface area contributed by atoms with Gasteiger partial charge in [0, 0.05) is 11.4 Å². The highest BCUT2D eigenvalue weighted by atomic mass is 32.1. The predicted molar refractivity (Wildman–Crippen MR) is 61.6 cm³/mol. The summed E-state index contributed by atoms with van der Waals surface area (Å²) in [5, 5.41) is 8.96. The van der Waals surface area contributed by atoms with Crippen molar-refractivity contribution in [3.63, 3.8) is 0 Å². The fraction of sp³-hybridized carbons (Fsp3) is 0.700. The standard InChI is InChI=1S/C10H15NO4S/c1-10(2,3)15-9(14)11-5-4-6(16)7(11)8(12)13/h7H,4-5H2,1-3H3,(H,12,13)/t7-/m0/s1. The van der Waals surface area contributed by atoms with E-state index in [9.17, 15) is 9.59 Å². The molecule has 6 heteroatoms. The summed E-state index contributed by atoms with van der Waals surface area (Å²) >= 11 is 4.92. The average molecular weight is 245 g/mol. The summed E-state index contributed by atoms with van der Waals surface area (Å²) in [4.78, 5) is 24.2. The van der Waals surface area contributed by atoms with E-state index in [2.05, 4.69) is 0 Å². The number of carboxylic acid groups (broad SMARTS) is 1. The van der Waals surface area contributed by atoms with Gasteiger partial charge in [0.05, 0.1) is 0 Å². The lowest BCUT2D eigenvalue weighted by Crippen LogP contribution is -2.45. The number of carbonyl (C=O) groups is 2. The monoisotopic (exact) mass is 245 g/mol. The molecule has 1 aliphatic heterocycles. The number of ether oxygens (including phenoxy) is 1. The molecular weight excluding hydrogens is 230 g/mol. The molecule has 90 valence electrons. The van der Waals surface area contributed by atoms with E-state index < -0.39 is 23.7 Å². The molecule has 1 N–H and O–H groups in total. The lowest BCUT2D eigenvalue weighted by molar-refractivity contribution is -0.139. The highest BCUT2D eigenvalue weighted by molar-refractivity contribution is 7.80. The average Bonchev–Trinajstić information content (AvgIpc) is 2.43. The first-order chi connectivity index (χ1) is 7.22. The van der Waals surface area contributed by atoms with Gasteiger partial charge >= 0.3 is 12.1 Å². The molecule has 0 aliphatic carbocycles. The zero-order valence-electron chi connectivity index (χ0n) is 9.52. The van der Waals surface area contributed by atoms with E-state index in [4.69, 9.17) is 22.1 Å². The van der Waals surface area contributed by atoms with Gasteiger partial charge in [0.2, 0.25) is 0 Å². The molecule has 0 bridgehead atoms. The second kappa shape index (κ2) is 4.37. The van der Waals surface area contributed by atoms with Crippen molar-refractivity contribution in [2.75, 3.05) is 6.54 Å². The van der Waals surface area contributed by atoms with Gasteiger partial charge in [-0.25, -0.2) is 9.59 Å². The second-order valence-corrected chi connectivity index (χ2v) is 5.16. The fourth-order valence-electron chi connectivity index (χ4n) is 1.46. The van der Waals surface area contributed by atoms with E-state index >= 15 is 0 Å². The Morgan fingerprint density at radius 1 is 1.50 bits per heavy atom. The third-order valence-electron chi connectivity index (χ3n) is 2.08. The van der Waals surface area contributed by atoms with Crippen molar-refractivity contribution in [3.8, 4) is 0 Å². The highest BCUT2D eigenvalue weighted by Gasteiger charge is 2.40. The van der Waals surface area contributed by atoms with Crippen LogP contribution in [0.2, 0.25) is 0 Å². The number of aliphatic carboxylic acids is 1. The first-order valence-corrected chi connectivity index (χ1v) is 5.38. The van der Waals surface area contributed by atoms with Crippen LogP contribution in [0.3, 0.4) is 0 Å². The summed E-state index contributed by atoms with van der Waals surface area (Å²) in [7, 11) is 0. The third kappa shape index (κ3) is 2.91. The first-order valence-electron chi connectivity index (χ1n) is 4.97. The molecule has 0 aromatic rings. The van der Waals surface area contributed by atoms with E-state index in [0.717, 1.165) is 4.90 Å². The molecule has 0 radical (unpaired) electrons. The van der Waals surface area contributed by atoms with Gasteiger partial charge in [-0.05, 0) is 27.2 Å². The number of hydrogen-bond acceptors (Lipinski definition) is 4. The Morgan fingerprint density at radius 3 is 2.50 bits per heavy atom. The first kappa shape index (κ1) is 12.9. The van der Waals surface area contributed by atoms with Crippen LogP contribution in [0.5, 0.6) is 0 Å². The molecule has 1 saturated heterocycles. The Kier molecular flexibility index (Phi) is 3.52. The second-order valence-electron chi connectivity index (χ2n) is 4.63. The Balaban J connectivity index is 2.77. The quantitative estimate of drug-likeness (QED) is 0.708. The minimum atomic E-state index is -1.10. The van der Waals surface area contributed by atoms with E-state index in [1.54, 1.807) is 20.8 Å². The van der Waals surface area contributed by atoms with Gasteiger partial charge in [-0.2, -0.15) is 0 Å². The lowest BCUT2D eigenvalue weighted by atomic mass is 10.2. The van der Waals surface area contributed by atoms with Gasteiger partial charge in [-0.3, -0.25) is 4.90 Å². The van der Waals surface area contributed by atoms with Crippen molar-refractivity contribution in [1.29, 1.82) is 0 Å². The maximum absolute atomic E-state index is 11.7. The van der Waals surface area contributed by atoms with Gasteiger partial charge in [-0.1, -0.05) is 12.2 Å². The molecule has 1 aliphatic rings. The number of carboxylic acids is 1. The summed E-state index contributed by atoms with van der Waals surface area (Å²) in [6, 6.07) is -1.02. The Hall–Kier alpha value is -1.17. The molecule has 1 fully saturated rings. The Morgan fingerprint density at radius 2 is 2.06 bits per heavy atom. The van der Waals surface area contributed by atoms with Gasteiger partial charge < -0.3 is 9.84 Å². The minimum Gasteiger partial charge on any atom is -0.479 e. The number of thiocarbonyl (C=S) groups is 1. The van der Waals surface area contributed by atoms with Crippen LogP contribution in [0.25, 0.3) is 0 Å². The molecule has 5 nitrogen and oxygen atoms in total. The van der Waals surface area contributed by atoms with Crippen molar-refractivity contribution in [2.24, 2.45) is 0 Å². The largest absolute Gasteiger partial charge is 0.479 e. The number of amides is 1. The normalized spacial score (nSPS) is 21.1. The Labute approximate surface area is 99.4 Å². The zero-order valence-corrected chi connectivity index (χ0v) is 10.3. The van der Waals surface area contributed by atoms with Crippen molar-refractivity contribution < 1.29 is 19.4 Å². The van der Waals surface area contributed by atoms with E-state index in [0.29, 0.717) is 17.8 Å². The van der Waals surface area contributed by atoms with Crippen LogP contribution in [0.15, 0.2) is 0 Å². The van der Waals surface area contributed by atoms with Crippen molar-refractivity contribution >= 4 is 29.1 Å². The smallest absolute Gasteiger partial charge is 0.411 e.